The van der Waals surface area contributed by atoms with E-state index in [0.717, 1.165) is 52.9 Å². The van der Waals surface area contributed by atoms with Crippen LogP contribution >= 0.6 is 27.5 Å². The number of nitrogens with zero attached hydrogens (tertiary/aromatic N) is 1. The van der Waals surface area contributed by atoms with Gasteiger partial charge in [-0.15, -0.1) is 0 Å². The molecule has 6 heteroatoms. The van der Waals surface area contributed by atoms with E-state index in [0.29, 0.717) is 6.54 Å². The third kappa shape index (κ3) is 5.06. The van der Waals surface area contributed by atoms with E-state index in [1.807, 2.05) is 26.0 Å². The van der Waals surface area contributed by atoms with Gasteiger partial charge in [0.1, 0.15) is 5.75 Å². The van der Waals surface area contributed by atoms with Gasteiger partial charge in [-0.1, -0.05) is 17.7 Å². The smallest absolute Gasteiger partial charge is 0.133 e. The second kappa shape index (κ2) is 8.98. The Kier molecular flexibility index (Phi) is 6.68. The second-order valence-corrected chi connectivity index (χ2v) is 7.81. The quantitative estimate of drug-likeness (QED) is 0.659. The zero-order chi connectivity index (χ0) is 18.5. The summed E-state index contributed by atoms with van der Waals surface area (Å²) in [6.07, 6.45) is 0.155. The lowest BCUT2D eigenvalue weighted by Gasteiger charge is -2.29. The fraction of sp³-hybridized carbons (Fsp3) is 0.400. The number of ether oxygens (including phenoxy) is 2. The average Bonchev–Trinajstić information content (AvgIpc) is 2.62. The van der Waals surface area contributed by atoms with Crippen molar-refractivity contribution in [3.05, 3.63) is 51.5 Å². The lowest BCUT2D eigenvalue weighted by atomic mass is 10.2. The minimum Gasteiger partial charge on any atom is -0.490 e. The van der Waals surface area contributed by atoms with Gasteiger partial charge < -0.3 is 19.7 Å². The first kappa shape index (κ1) is 19.3. The predicted molar refractivity (Wildman–Crippen MR) is 112 cm³/mol. The number of hydrogen-bond donors (Lipinski definition) is 1. The number of halogens is 2. The van der Waals surface area contributed by atoms with Gasteiger partial charge in [-0.2, -0.15) is 0 Å². The number of hydrogen-bond acceptors (Lipinski definition) is 4. The Hall–Kier alpha value is -1.43. The first-order chi connectivity index (χ1) is 12.5. The van der Waals surface area contributed by atoms with Gasteiger partial charge in [0.25, 0.3) is 0 Å². The fourth-order valence-electron chi connectivity index (χ4n) is 2.89. The number of morpholine rings is 1. The molecule has 4 nitrogen and oxygen atoms in total. The van der Waals surface area contributed by atoms with Crippen molar-refractivity contribution >= 4 is 38.9 Å². The summed E-state index contributed by atoms with van der Waals surface area (Å²) in [7, 11) is 0. The van der Waals surface area contributed by atoms with E-state index in [1.165, 1.54) is 5.56 Å². The lowest BCUT2D eigenvalue weighted by Crippen LogP contribution is -2.36. The van der Waals surface area contributed by atoms with E-state index < -0.39 is 0 Å². The molecule has 0 aliphatic carbocycles. The Morgan fingerprint density at radius 3 is 2.62 bits per heavy atom. The second-order valence-electron chi connectivity index (χ2n) is 6.55. The molecule has 2 aromatic carbocycles. The molecule has 0 unspecified atom stereocenters. The molecule has 0 amide bonds. The molecule has 1 heterocycles. The Balaban J connectivity index is 1.62. The SMILES string of the molecule is CC(C)Oc1ccc(CNc2ccc(N3CCOCC3)c(Cl)c2)cc1Br. The van der Waals surface area contributed by atoms with Crippen molar-refractivity contribution in [3.63, 3.8) is 0 Å². The van der Waals surface area contributed by atoms with Crippen LogP contribution in [0.5, 0.6) is 5.75 Å². The van der Waals surface area contributed by atoms with Crippen LogP contribution in [0.1, 0.15) is 19.4 Å². The van der Waals surface area contributed by atoms with Crippen LogP contribution in [0.4, 0.5) is 11.4 Å². The van der Waals surface area contributed by atoms with Crippen molar-refractivity contribution in [1.29, 1.82) is 0 Å². The molecule has 3 rings (SSSR count). The highest BCUT2D eigenvalue weighted by molar-refractivity contribution is 9.10. The van der Waals surface area contributed by atoms with E-state index in [4.69, 9.17) is 21.1 Å². The van der Waals surface area contributed by atoms with Gasteiger partial charge in [0.05, 0.1) is 34.5 Å². The number of benzene rings is 2. The third-order valence-corrected chi connectivity index (χ3v) is 5.08. The Bertz CT molecular complexity index is 749. The molecular formula is C20H24BrClN2O2. The summed E-state index contributed by atoms with van der Waals surface area (Å²) in [6.45, 7) is 8.02. The summed E-state index contributed by atoms with van der Waals surface area (Å²) in [5.41, 5.74) is 3.24. The maximum Gasteiger partial charge on any atom is 0.133 e. The summed E-state index contributed by atoms with van der Waals surface area (Å²) in [5.74, 6) is 0.863. The standard InChI is InChI=1S/C20H24BrClN2O2/c1-14(2)26-20-6-3-15(11-17(20)21)13-23-16-4-5-19(18(22)12-16)24-7-9-25-10-8-24/h3-6,11-12,14,23H,7-10,13H2,1-2H3. The molecule has 2 aromatic rings. The van der Waals surface area contributed by atoms with E-state index in [9.17, 15) is 0 Å². The van der Waals surface area contributed by atoms with Crippen LogP contribution < -0.4 is 15.0 Å². The van der Waals surface area contributed by atoms with Crippen LogP contribution in [0.25, 0.3) is 0 Å². The highest BCUT2D eigenvalue weighted by Crippen LogP contribution is 2.30. The van der Waals surface area contributed by atoms with Crippen molar-refractivity contribution in [2.45, 2.75) is 26.5 Å². The first-order valence-corrected chi connectivity index (χ1v) is 10.0. The highest BCUT2D eigenvalue weighted by Gasteiger charge is 2.14. The van der Waals surface area contributed by atoms with Crippen LogP contribution in [0.3, 0.4) is 0 Å². The molecule has 1 N–H and O–H groups in total. The molecule has 0 spiro atoms. The topological polar surface area (TPSA) is 33.7 Å². The molecule has 1 fully saturated rings. The predicted octanol–water partition coefficient (Wildman–Crippen LogP) is 5.34. The molecule has 1 aliphatic rings. The van der Waals surface area contributed by atoms with E-state index in [1.54, 1.807) is 0 Å². The zero-order valence-electron chi connectivity index (χ0n) is 15.1. The molecule has 0 aromatic heterocycles. The summed E-state index contributed by atoms with van der Waals surface area (Å²) in [4.78, 5) is 2.26. The molecule has 26 heavy (non-hydrogen) atoms. The third-order valence-electron chi connectivity index (χ3n) is 4.16. The van der Waals surface area contributed by atoms with Crippen molar-refractivity contribution in [2.24, 2.45) is 0 Å². The van der Waals surface area contributed by atoms with Crippen molar-refractivity contribution in [2.75, 3.05) is 36.5 Å². The number of rotatable bonds is 6. The summed E-state index contributed by atoms with van der Waals surface area (Å²) >= 11 is 10.1. The van der Waals surface area contributed by atoms with Crippen molar-refractivity contribution in [1.82, 2.24) is 0 Å². The van der Waals surface area contributed by atoms with Gasteiger partial charge in [-0.3, -0.25) is 0 Å². The molecule has 0 bridgehead atoms. The molecule has 1 aliphatic heterocycles. The monoisotopic (exact) mass is 438 g/mol. The number of nitrogens with one attached hydrogen (secondary N) is 1. The molecule has 140 valence electrons. The maximum atomic E-state index is 6.49. The number of anilines is 2. The van der Waals surface area contributed by atoms with Crippen molar-refractivity contribution < 1.29 is 9.47 Å². The van der Waals surface area contributed by atoms with E-state index in [-0.39, 0.29) is 6.10 Å². The van der Waals surface area contributed by atoms with Gasteiger partial charge in [-0.05, 0) is 65.7 Å². The highest BCUT2D eigenvalue weighted by atomic mass is 79.9. The molecule has 0 radical (unpaired) electrons. The molecule has 1 saturated heterocycles. The van der Waals surface area contributed by atoms with Gasteiger partial charge in [0.2, 0.25) is 0 Å². The van der Waals surface area contributed by atoms with Gasteiger partial charge in [-0.25, -0.2) is 0 Å². The lowest BCUT2D eigenvalue weighted by molar-refractivity contribution is 0.122. The van der Waals surface area contributed by atoms with Crippen molar-refractivity contribution in [3.8, 4) is 5.75 Å². The average molecular weight is 440 g/mol. The van der Waals surface area contributed by atoms with Gasteiger partial charge in [0.15, 0.2) is 0 Å². The summed E-state index contributed by atoms with van der Waals surface area (Å²) in [6, 6.07) is 12.3. The van der Waals surface area contributed by atoms with Crippen LogP contribution in [-0.4, -0.2) is 32.4 Å². The normalized spacial score (nSPS) is 14.6. The zero-order valence-corrected chi connectivity index (χ0v) is 17.4. The van der Waals surface area contributed by atoms with Gasteiger partial charge >= 0.3 is 0 Å². The Morgan fingerprint density at radius 1 is 1.19 bits per heavy atom. The maximum absolute atomic E-state index is 6.49. The van der Waals surface area contributed by atoms with Crippen LogP contribution in [0.15, 0.2) is 40.9 Å². The minimum atomic E-state index is 0.155. The van der Waals surface area contributed by atoms with Gasteiger partial charge in [0, 0.05) is 25.3 Å². The summed E-state index contributed by atoms with van der Waals surface area (Å²) in [5, 5.41) is 4.19. The Morgan fingerprint density at radius 2 is 1.96 bits per heavy atom. The molecular weight excluding hydrogens is 416 g/mol. The van der Waals surface area contributed by atoms with Crippen LogP contribution in [0, 0.1) is 0 Å². The first-order valence-electron chi connectivity index (χ1n) is 8.84. The minimum absolute atomic E-state index is 0.155. The summed E-state index contributed by atoms with van der Waals surface area (Å²) < 4.78 is 12.1. The van der Waals surface area contributed by atoms with Crippen LogP contribution in [0.2, 0.25) is 5.02 Å². The molecule has 0 atom stereocenters. The largest absolute Gasteiger partial charge is 0.490 e. The van der Waals surface area contributed by atoms with E-state index >= 15 is 0 Å². The van der Waals surface area contributed by atoms with Crippen LogP contribution in [-0.2, 0) is 11.3 Å². The molecule has 0 saturated carbocycles. The fourth-order valence-corrected chi connectivity index (χ4v) is 3.71. The Labute approximate surface area is 168 Å². The van der Waals surface area contributed by atoms with E-state index in [2.05, 4.69) is 50.4 Å².